The molecule has 3 rings (SSSR count). The average molecular weight is 387 g/mol. The van der Waals surface area contributed by atoms with Gasteiger partial charge in [-0.3, -0.25) is 9.59 Å². The molecule has 2 aromatic carbocycles. The van der Waals surface area contributed by atoms with E-state index in [1.54, 1.807) is 53.2 Å². The summed E-state index contributed by atoms with van der Waals surface area (Å²) in [6, 6.07) is 17.8. The number of para-hydroxylation sites is 1. The second kappa shape index (κ2) is 8.21. The number of amides is 1. The van der Waals surface area contributed by atoms with E-state index >= 15 is 0 Å². The number of hydrogen-bond acceptors (Lipinski definition) is 2. The first-order valence-electron chi connectivity index (χ1n) is 8.05. The first kappa shape index (κ1) is 18.2. The molecule has 0 spiro atoms. The Labute approximate surface area is 161 Å². The van der Waals surface area contributed by atoms with Gasteiger partial charge >= 0.3 is 0 Å². The molecule has 4 nitrogen and oxygen atoms in total. The summed E-state index contributed by atoms with van der Waals surface area (Å²) in [6.07, 6.45) is 2.32. The van der Waals surface area contributed by atoms with Gasteiger partial charge in [0.1, 0.15) is 0 Å². The van der Waals surface area contributed by atoms with E-state index in [0.717, 1.165) is 5.56 Å². The summed E-state index contributed by atoms with van der Waals surface area (Å²) in [6.45, 7) is 0.360. The van der Waals surface area contributed by atoms with Crippen molar-refractivity contribution >= 4 is 34.9 Å². The molecule has 1 amide bonds. The fourth-order valence-corrected chi connectivity index (χ4v) is 2.94. The molecule has 0 unspecified atom stereocenters. The van der Waals surface area contributed by atoms with Crippen LogP contribution in [0.15, 0.2) is 66.9 Å². The summed E-state index contributed by atoms with van der Waals surface area (Å²) in [5.74, 6) is -1.25. The summed E-state index contributed by atoms with van der Waals surface area (Å²) in [4.78, 5) is 24.7. The van der Waals surface area contributed by atoms with Crippen LogP contribution in [-0.4, -0.2) is 22.8 Å². The second-order valence-corrected chi connectivity index (χ2v) is 6.52. The molecule has 0 saturated heterocycles. The Morgan fingerprint density at radius 2 is 1.65 bits per heavy atom. The number of carbonyl (C=O) groups excluding carboxylic acids is 2. The number of benzene rings is 2. The van der Waals surface area contributed by atoms with Crippen LogP contribution in [0.4, 0.5) is 0 Å². The molecule has 132 valence electrons. The van der Waals surface area contributed by atoms with E-state index in [-0.39, 0.29) is 5.69 Å². The second-order valence-electron chi connectivity index (χ2n) is 5.68. The minimum Gasteiger partial charge on any atom is -0.349 e. The number of aromatic nitrogens is 1. The van der Waals surface area contributed by atoms with Crippen LogP contribution in [0, 0.1) is 0 Å². The molecule has 26 heavy (non-hydrogen) atoms. The highest BCUT2D eigenvalue weighted by atomic mass is 35.5. The lowest BCUT2D eigenvalue weighted by Crippen LogP contribution is -2.33. The predicted molar refractivity (Wildman–Crippen MR) is 103 cm³/mol. The van der Waals surface area contributed by atoms with Crippen molar-refractivity contribution < 1.29 is 9.59 Å². The number of Topliss-reactive ketones (excluding diaryl/α,β-unsaturated/α-hetero) is 1. The predicted octanol–water partition coefficient (Wildman–Crippen LogP) is 4.33. The van der Waals surface area contributed by atoms with Crippen molar-refractivity contribution in [3.05, 3.63) is 88.2 Å². The first-order valence-corrected chi connectivity index (χ1v) is 8.81. The Kier molecular flexibility index (Phi) is 5.76. The highest BCUT2D eigenvalue weighted by molar-refractivity contribution is 6.42. The van der Waals surface area contributed by atoms with Crippen molar-refractivity contribution in [3.8, 4) is 5.69 Å². The van der Waals surface area contributed by atoms with Crippen LogP contribution in [0.3, 0.4) is 0 Å². The third kappa shape index (κ3) is 4.15. The van der Waals surface area contributed by atoms with E-state index in [9.17, 15) is 9.59 Å². The monoisotopic (exact) mass is 386 g/mol. The fraction of sp³-hybridized carbons (Fsp3) is 0.100. The van der Waals surface area contributed by atoms with Crippen molar-refractivity contribution in [2.45, 2.75) is 6.42 Å². The number of halogens is 2. The van der Waals surface area contributed by atoms with Gasteiger partial charge in [0.05, 0.1) is 16.4 Å². The zero-order valence-corrected chi connectivity index (χ0v) is 15.3. The Bertz CT molecular complexity index is 933. The van der Waals surface area contributed by atoms with Crippen LogP contribution in [-0.2, 0) is 11.2 Å². The first-order chi connectivity index (χ1) is 12.6. The maximum absolute atomic E-state index is 12.5. The largest absolute Gasteiger partial charge is 0.349 e. The molecule has 1 aromatic heterocycles. The standard InChI is InChI=1S/C20H16Cl2N2O2/c21-15-9-7-14(8-10-15)11-12-23-20(26)19(25)18-6-3-13-24(18)17-5-2-1-4-16(17)22/h1-10,13H,11-12H2,(H,23,26). The highest BCUT2D eigenvalue weighted by Gasteiger charge is 2.20. The van der Waals surface area contributed by atoms with Crippen LogP contribution < -0.4 is 5.32 Å². The lowest BCUT2D eigenvalue weighted by molar-refractivity contribution is -0.117. The van der Waals surface area contributed by atoms with Gasteiger partial charge in [0, 0.05) is 17.8 Å². The number of rotatable bonds is 6. The van der Waals surface area contributed by atoms with Gasteiger partial charge in [0.15, 0.2) is 0 Å². The van der Waals surface area contributed by atoms with Crippen LogP contribution in [0.25, 0.3) is 5.69 Å². The van der Waals surface area contributed by atoms with Crippen LogP contribution in [0.1, 0.15) is 16.1 Å². The number of ketones is 1. The number of nitrogens with zero attached hydrogens (tertiary/aromatic N) is 1. The van der Waals surface area contributed by atoms with E-state index in [0.29, 0.717) is 28.7 Å². The zero-order valence-electron chi connectivity index (χ0n) is 13.8. The molecule has 0 aliphatic heterocycles. The number of carbonyl (C=O) groups is 2. The summed E-state index contributed by atoms with van der Waals surface area (Å²) in [5.41, 5.74) is 1.94. The molecule has 0 fully saturated rings. The number of hydrogen-bond donors (Lipinski definition) is 1. The Morgan fingerprint density at radius 1 is 0.923 bits per heavy atom. The smallest absolute Gasteiger partial charge is 0.294 e. The van der Waals surface area contributed by atoms with Gasteiger partial charge in [0.25, 0.3) is 11.7 Å². The van der Waals surface area contributed by atoms with Crippen molar-refractivity contribution in [2.75, 3.05) is 6.54 Å². The molecule has 0 bridgehead atoms. The molecule has 0 aliphatic carbocycles. The minimum atomic E-state index is -0.647. The lowest BCUT2D eigenvalue weighted by atomic mass is 10.1. The van der Waals surface area contributed by atoms with Crippen LogP contribution in [0.5, 0.6) is 0 Å². The fourth-order valence-electron chi connectivity index (χ4n) is 2.59. The molecule has 1 heterocycles. The van der Waals surface area contributed by atoms with Gasteiger partial charge in [-0.1, -0.05) is 47.5 Å². The number of nitrogens with one attached hydrogen (secondary N) is 1. The maximum atomic E-state index is 12.5. The average Bonchev–Trinajstić information content (AvgIpc) is 3.12. The summed E-state index contributed by atoms with van der Waals surface area (Å²) in [5, 5.41) is 3.82. The molecule has 0 radical (unpaired) electrons. The van der Waals surface area contributed by atoms with Gasteiger partial charge in [-0.25, -0.2) is 0 Å². The molecule has 3 aromatic rings. The SMILES string of the molecule is O=C(NCCc1ccc(Cl)cc1)C(=O)c1cccn1-c1ccccc1Cl. The van der Waals surface area contributed by atoms with E-state index in [2.05, 4.69) is 5.32 Å². The molecule has 6 heteroatoms. The summed E-state index contributed by atoms with van der Waals surface area (Å²) >= 11 is 12.0. The topological polar surface area (TPSA) is 51.1 Å². The molecule has 0 aliphatic rings. The third-order valence-electron chi connectivity index (χ3n) is 3.91. The van der Waals surface area contributed by atoms with Gasteiger partial charge in [-0.2, -0.15) is 0 Å². The zero-order chi connectivity index (χ0) is 18.5. The van der Waals surface area contributed by atoms with Crippen LogP contribution in [0.2, 0.25) is 10.0 Å². The van der Waals surface area contributed by atoms with E-state index in [1.807, 2.05) is 18.2 Å². The summed E-state index contributed by atoms with van der Waals surface area (Å²) < 4.78 is 1.61. The Morgan fingerprint density at radius 3 is 2.38 bits per heavy atom. The van der Waals surface area contributed by atoms with E-state index in [1.165, 1.54) is 0 Å². The Hall–Kier alpha value is -2.56. The highest BCUT2D eigenvalue weighted by Crippen LogP contribution is 2.22. The quantitative estimate of drug-likeness (QED) is 0.506. The Balaban J connectivity index is 1.66. The van der Waals surface area contributed by atoms with Gasteiger partial charge in [-0.05, 0) is 48.4 Å². The molecular weight excluding hydrogens is 371 g/mol. The van der Waals surface area contributed by atoms with E-state index < -0.39 is 11.7 Å². The molecular formula is C20H16Cl2N2O2. The third-order valence-corrected chi connectivity index (χ3v) is 4.48. The molecule has 0 atom stereocenters. The summed E-state index contributed by atoms with van der Waals surface area (Å²) in [7, 11) is 0. The lowest BCUT2D eigenvalue weighted by Gasteiger charge is -2.10. The molecule has 0 saturated carbocycles. The normalized spacial score (nSPS) is 10.5. The van der Waals surface area contributed by atoms with Crippen molar-refractivity contribution in [1.29, 1.82) is 0 Å². The van der Waals surface area contributed by atoms with Crippen LogP contribution >= 0.6 is 23.2 Å². The van der Waals surface area contributed by atoms with Gasteiger partial charge in [0.2, 0.25) is 0 Å². The van der Waals surface area contributed by atoms with Crippen molar-refractivity contribution in [2.24, 2.45) is 0 Å². The maximum Gasteiger partial charge on any atom is 0.294 e. The van der Waals surface area contributed by atoms with E-state index in [4.69, 9.17) is 23.2 Å². The molecule has 1 N–H and O–H groups in total. The minimum absolute atomic E-state index is 0.266. The van der Waals surface area contributed by atoms with Gasteiger partial charge in [-0.15, -0.1) is 0 Å². The van der Waals surface area contributed by atoms with Crippen molar-refractivity contribution in [1.82, 2.24) is 9.88 Å². The van der Waals surface area contributed by atoms with Crippen molar-refractivity contribution in [3.63, 3.8) is 0 Å². The van der Waals surface area contributed by atoms with Gasteiger partial charge < -0.3 is 9.88 Å².